The van der Waals surface area contributed by atoms with E-state index in [1.165, 1.54) is 12.1 Å². The lowest BCUT2D eigenvalue weighted by Gasteiger charge is -2.26. The maximum atomic E-state index is 10.2. The molecule has 0 aliphatic heterocycles. The Hall–Kier alpha value is -2.85. The Bertz CT molecular complexity index is 1080. The van der Waals surface area contributed by atoms with Crippen LogP contribution >= 0.6 is 11.6 Å². The van der Waals surface area contributed by atoms with Gasteiger partial charge in [0.25, 0.3) is 0 Å². The second-order valence-corrected chi connectivity index (χ2v) is 8.64. The molecule has 31 heavy (non-hydrogen) atoms. The number of anilines is 2. The van der Waals surface area contributed by atoms with E-state index in [0.717, 1.165) is 25.7 Å². The van der Waals surface area contributed by atoms with Gasteiger partial charge in [0, 0.05) is 30.3 Å². The van der Waals surface area contributed by atoms with Crippen molar-refractivity contribution in [2.75, 3.05) is 10.6 Å². The SMILES string of the molecule is CC(C)n1nnc2c(NCc3cc(O)c(Cl)cc3O)nc(NC3CCC(N)CC3)nc21. The number of hydrogen-bond acceptors (Lipinski definition) is 9. The summed E-state index contributed by atoms with van der Waals surface area (Å²) in [5.74, 6) is 0.847. The predicted molar refractivity (Wildman–Crippen MR) is 119 cm³/mol. The molecule has 0 unspecified atom stereocenters. The highest BCUT2D eigenvalue weighted by molar-refractivity contribution is 6.32. The third kappa shape index (κ3) is 4.59. The van der Waals surface area contributed by atoms with E-state index < -0.39 is 0 Å². The van der Waals surface area contributed by atoms with Gasteiger partial charge in [-0.2, -0.15) is 9.97 Å². The maximum Gasteiger partial charge on any atom is 0.227 e. The minimum absolute atomic E-state index is 0.0247. The van der Waals surface area contributed by atoms with Gasteiger partial charge in [0.15, 0.2) is 17.0 Å². The van der Waals surface area contributed by atoms with E-state index in [1.54, 1.807) is 4.68 Å². The Labute approximate surface area is 184 Å². The van der Waals surface area contributed by atoms with Crippen LogP contribution in [0.15, 0.2) is 12.1 Å². The summed E-state index contributed by atoms with van der Waals surface area (Å²) in [4.78, 5) is 9.29. The van der Waals surface area contributed by atoms with Crippen LogP contribution in [-0.2, 0) is 6.54 Å². The van der Waals surface area contributed by atoms with E-state index in [-0.39, 0.29) is 41.2 Å². The minimum Gasteiger partial charge on any atom is -0.508 e. The fraction of sp³-hybridized carbons (Fsp3) is 0.500. The van der Waals surface area contributed by atoms with Crippen molar-refractivity contribution in [3.05, 3.63) is 22.7 Å². The Morgan fingerprint density at radius 3 is 2.61 bits per heavy atom. The number of halogens is 1. The number of aromatic nitrogens is 5. The Kier molecular flexibility index (Phi) is 6.01. The van der Waals surface area contributed by atoms with Crippen molar-refractivity contribution >= 4 is 34.5 Å². The molecule has 4 rings (SSSR count). The second kappa shape index (κ2) is 8.72. The highest BCUT2D eigenvalue weighted by Crippen LogP contribution is 2.32. The number of nitrogens with zero attached hydrogens (tertiary/aromatic N) is 5. The summed E-state index contributed by atoms with van der Waals surface area (Å²) in [5.41, 5.74) is 7.64. The molecule has 0 spiro atoms. The lowest BCUT2D eigenvalue weighted by Crippen LogP contribution is -2.33. The highest BCUT2D eigenvalue weighted by Gasteiger charge is 2.22. The molecule has 0 bridgehead atoms. The predicted octanol–water partition coefficient (Wildman–Crippen LogP) is 3.16. The van der Waals surface area contributed by atoms with Crippen molar-refractivity contribution in [2.24, 2.45) is 5.73 Å². The average Bonchev–Trinajstić information content (AvgIpc) is 3.15. The molecule has 1 aliphatic rings. The number of phenols is 2. The molecule has 1 aliphatic carbocycles. The van der Waals surface area contributed by atoms with Gasteiger partial charge in [0.1, 0.15) is 11.5 Å². The van der Waals surface area contributed by atoms with E-state index in [2.05, 4.69) is 30.9 Å². The Morgan fingerprint density at radius 1 is 1.16 bits per heavy atom. The summed E-state index contributed by atoms with van der Waals surface area (Å²) in [6.45, 7) is 4.22. The molecule has 1 fully saturated rings. The molecule has 0 saturated heterocycles. The Morgan fingerprint density at radius 2 is 1.90 bits per heavy atom. The molecular weight excluding hydrogens is 420 g/mol. The molecule has 6 N–H and O–H groups in total. The molecule has 166 valence electrons. The van der Waals surface area contributed by atoms with Gasteiger partial charge in [-0.15, -0.1) is 5.10 Å². The fourth-order valence-corrected chi connectivity index (χ4v) is 3.88. The highest BCUT2D eigenvalue weighted by atomic mass is 35.5. The van der Waals surface area contributed by atoms with E-state index >= 15 is 0 Å². The number of hydrogen-bond donors (Lipinski definition) is 5. The van der Waals surface area contributed by atoms with E-state index in [0.29, 0.717) is 28.5 Å². The molecule has 1 saturated carbocycles. The third-order valence-corrected chi connectivity index (χ3v) is 5.82. The monoisotopic (exact) mass is 446 g/mol. The van der Waals surface area contributed by atoms with Crippen molar-refractivity contribution in [3.8, 4) is 11.5 Å². The van der Waals surface area contributed by atoms with Crippen molar-refractivity contribution in [2.45, 2.75) is 64.2 Å². The smallest absolute Gasteiger partial charge is 0.227 e. The summed E-state index contributed by atoms with van der Waals surface area (Å²) >= 11 is 5.85. The van der Waals surface area contributed by atoms with Gasteiger partial charge in [-0.25, -0.2) is 4.68 Å². The molecule has 0 amide bonds. The van der Waals surface area contributed by atoms with Gasteiger partial charge in [-0.3, -0.25) is 0 Å². The zero-order valence-corrected chi connectivity index (χ0v) is 18.3. The first-order chi connectivity index (χ1) is 14.8. The average molecular weight is 447 g/mol. The van der Waals surface area contributed by atoms with Crippen molar-refractivity contribution in [3.63, 3.8) is 0 Å². The molecule has 3 aromatic rings. The molecule has 11 heteroatoms. The molecule has 2 heterocycles. The molecule has 0 radical (unpaired) electrons. The lowest BCUT2D eigenvalue weighted by atomic mass is 9.92. The fourth-order valence-electron chi connectivity index (χ4n) is 3.73. The minimum atomic E-state index is -0.104. The van der Waals surface area contributed by atoms with Gasteiger partial charge in [-0.05, 0) is 45.6 Å². The summed E-state index contributed by atoms with van der Waals surface area (Å²) in [6, 6.07) is 3.31. The van der Waals surface area contributed by atoms with Crippen molar-refractivity contribution in [1.29, 1.82) is 0 Å². The van der Waals surface area contributed by atoms with E-state index in [9.17, 15) is 10.2 Å². The van der Waals surface area contributed by atoms with Gasteiger partial charge in [0.05, 0.1) is 11.1 Å². The number of rotatable bonds is 6. The number of phenolic OH excluding ortho intramolecular Hbond substituents is 2. The molecule has 1 aromatic carbocycles. The van der Waals surface area contributed by atoms with Crippen LogP contribution in [0.2, 0.25) is 5.02 Å². The van der Waals surface area contributed by atoms with Crippen LogP contribution in [0.4, 0.5) is 11.8 Å². The van der Waals surface area contributed by atoms with Crippen LogP contribution in [0.25, 0.3) is 11.2 Å². The van der Waals surface area contributed by atoms with Crippen LogP contribution in [0, 0.1) is 0 Å². The quantitative estimate of drug-likeness (QED) is 0.360. The first kappa shape index (κ1) is 21.4. The molecule has 10 nitrogen and oxygen atoms in total. The number of nitrogens with one attached hydrogen (secondary N) is 2. The number of benzene rings is 1. The third-order valence-electron chi connectivity index (χ3n) is 5.51. The van der Waals surface area contributed by atoms with Gasteiger partial charge in [0.2, 0.25) is 5.95 Å². The van der Waals surface area contributed by atoms with Gasteiger partial charge < -0.3 is 26.6 Å². The van der Waals surface area contributed by atoms with Crippen LogP contribution in [0.3, 0.4) is 0 Å². The van der Waals surface area contributed by atoms with Gasteiger partial charge in [-0.1, -0.05) is 16.8 Å². The Balaban J connectivity index is 1.64. The zero-order chi connectivity index (χ0) is 22.1. The van der Waals surface area contributed by atoms with Crippen LogP contribution in [0.5, 0.6) is 11.5 Å². The number of fused-ring (bicyclic) bond motifs is 1. The van der Waals surface area contributed by atoms with Crippen molar-refractivity contribution < 1.29 is 10.2 Å². The second-order valence-electron chi connectivity index (χ2n) is 8.24. The summed E-state index contributed by atoms with van der Waals surface area (Å²) in [5, 5.41) is 35.2. The largest absolute Gasteiger partial charge is 0.508 e. The van der Waals surface area contributed by atoms with Crippen LogP contribution in [0.1, 0.15) is 51.1 Å². The molecule has 2 aromatic heterocycles. The molecule has 0 atom stereocenters. The topological polar surface area (TPSA) is 147 Å². The lowest BCUT2D eigenvalue weighted by molar-refractivity contribution is 0.410. The number of aromatic hydroxyl groups is 2. The van der Waals surface area contributed by atoms with E-state index in [1.807, 2.05) is 13.8 Å². The van der Waals surface area contributed by atoms with Gasteiger partial charge >= 0.3 is 0 Å². The first-order valence-corrected chi connectivity index (χ1v) is 10.8. The summed E-state index contributed by atoms with van der Waals surface area (Å²) in [6.07, 6.45) is 3.86. The first-order valence-electron chi connectivity index (χ1n) is 10.4. The molecular formula is C20H27ClN8O2. The number of nitrogens with two attached hydrogens (primary N) is 1. The summed E-state index contributed by atoms with van der Waals surface area (Å²) < 4.78 is 1.75. The summed E-state index contributed by atoms with van der Waals surface area (Å²) in [7, 11) is 0. The van der Waals surface area contributed by atoms with E-state index in [4.69, 9.17) is 17.3 Å². The normalized spacial score (nSPS) is 19.1. The van der Waals surface area contributed by atoms with Crippen LogP contribution in [-0.4, -0.2) is 47.3 Å². The zero-order valence-electron chi connectivity index (χ0n) is 17.5. The maximum absolute atomic E-state index is 10.2. The standard InChI is InChI=1S/C20H27ClN8O2/c1-10(2)29-19-17(27-28-29)18(23-9-11-7-16(31)14(21)8-15(11)30)25-20(26-19)24-13-5-3-12(22)4-6-13/h7-8,10,12-13,30-31H,3-6,9,22H2,1-2H3,(H2,23,24,25,26). The van der Waals surface area contributed by atoms with Crippen LogP contribution < -0.4 is 16.4 Å². The van der Waals surface area contributed by atoms with Crippen molar-refractivity contribution in [1.82, 2.24) is 25.0 Å².